The summed E-state index contributed by atoms with van der Waals surface area (Å²) >= 11 is 1.62. The Bertz CT molecular complexity index is 1190. The zero-order chi connectivity index (χ0) is 21.8. The molecule has 0 aliphatic heterocycles. The second-order valence-corrected chi connectivity index (χ2v) is 8.88. The normalized spacial score (nSPS) is 14.5. The first-order valence-electron chi connectivity index (χ1n) is 10.7. The molecule has 4 rings (SSSR count). The van der Waals surface area contributed by atoms with Gasteiger partial charge >= 0.3 is 0 Å². The number of hydrogen-bond donors (Lipinski definition) is 0. The minimum absolute atomic E-state index is 0.109. The SMILES string of the molecule is Cc1cccc(N=c2scc(-c3ccc([N+](=O)[O-])cc3)n2CCC2=CCCCC2)c1C. The summed E-state index contributed by atoms with van der Waals surface area (Å²) in [6.07, 6.45) is 8.32. The summed E-state index contributed by atoms with van der Waals surface area (Å²) in [4.78, 5) is 16.7. The van der Waals surface area contributed by atoms with E-state index in [9.17, 15) is 10.1 Å². The Morgan fingerprint density at radius 1 is 1.13 bits per heavy atom. The van der Waals surface area contributed by atoms with Gasteiger partial charge in [0, 0.05) is 24.1 Å². The van der Waals surface area contributed by atoms with Crippen molar-refractivity contribution in [2.75, 3.05) is 0 Å². The van der Waals surface area contributed by atoms with E-state index in [2.05, 4.69) is 42.0 Å². The Morgan fingerprint density at radius 3 is 2.65 bits per heavy atom. The van der Waals surface area contributed by atoms with Gasteiger partial charge in [0.25, 0.3) is 5.69 Å². The summed E-state index contributed by atoms with van der Waals surface area (Å²) in [6, 6.07) is 13.0. The van der Waals surface area contributed by atoms with Gasteiger partial charge in [-0.1, -0.05) is 23.8 Å². The summed E-state index contributed by atoms with van der Waals surface area (Å²) < 4.78 is 2.27. The zero-order valence-electron chi connectivity index (χ0n) is 18.0. The van der Waals surface area contributed by atoms with Crippen molar-refractivity contribution in [3.63, 3.8) is 0 Å². The topological polar surface area (TPSA) is 60.4 Å². The van der Waals surface area contributed by atoms with E-state index < -0.39 is 0 Å². The smallest absolute Gasteiger partial charge is 0.269 e. The van der Waals surface area contributed by atoms with E-state index in [1.54, 1.807) is 23.5 Å². The number of rotatable bonds is 6. The van der Waals surface area contributed by atoms with E-state index in [-0.39, 0.29) is 10.6 Å². The highest BCUT2D eigenvalue weighted by Gasteiger charge is 2.13. The largest absolute Gasteiger partial charge is 0.316 e. The van der Waals surface area contributed by atoms with Crippen LogP contribution < -0.4 is 4.80 Å². The van der Waals surface area contributed by atoms with Gasteiger partial charge in [-0.3, -0.25) is 10.1 Å². The molecule has 0 spiro atoms. The number of allylic oxidation sites excluding steroid dienone is 2. The van der Waals surface area contributed by atoms with Crippen molar-refractivity contribution in [2.24, 2.45) is 4.99 Å². The number of aryl methyl sites for hydroxylation is 1. The number of hydrogen-bond acceptors (Lipinski definition) is 4. The zero-order valence-corrected chi connectivity index (χ0v) is 18.8. The number of aromatic nitrogens is 1. The highest BCUT2D eigenvalue weighted by molar-refractivity contribution is 7.07. The van der Waals surface area contributed by atoms with E-state index >= 15 is 0 Å². The van der Waals surface area contributed by atoms with Crippen LogP contribution in [-0.4, -0.2) is 9.49 Å². The summed E-state index contributed by atoms with van der Waals surface area (Å²) in [5.74, 6) is 0. The minimum Gasteiger partial charge on any atom is -0.316 e. The summed E-state index contributed by atoms with van der Waals surface area (Å²) in [5, 5.41) is 13.2. The van der Waals surface area contributed by atoms with Crippen molar-refractivity contribution in [3.8, 4) is 11.3 Å². The predicted molar refractivity (Wildman–Crippen MR) is 127 cm³/mol. The lowest BCUT2D eigenvalue weighted by Gasteiger charge is -2.15. The number of nitro benzene ring substituents is 1. The van der Waals surface area contributed by atoms with Gasteiger partial charge in [0.15, 0.2) is 4.80 Å². The maximum atomic E-state index is 11.0. The molecule has 1 aliphatic carbocycles. The molecule has 0 amide bonds. The van der Waals surface area contributed by atoms with Crippen molar-refractivity contribution in [2.45, 2.75) is 52.5 Å². The van der Waals surface area contributed by atoms with Crippen molar-refractivity contribution in [3.05, 3.63) is 85.5 Å². The predicted octanol–water partition coefficient (Wildman–Crippen LogP) is 6.86. The monoisotopic (exact) mass is 433 g/mol. The van der Waals surface area contributed by atoms with Crippen LogP contribution in [0.3, 0.4) is 0 Å². The molecule has 0 bridgehead atoms. The van der Waals surface area contributed by atoms with Crippen LogP contribution in [0.4, 0.5) is 11.4 Å². The molecule has 1 heterocycles. The first-order valence-corrected chi connectivity index (χ1v) is 11.6. The molecule has 0 N–H and O–H groups in total. The summed E-state index contributed by atoms with van der Waals surface area (Å²) in [7, 11) is 0. The summed E-state index contributed by atoms with van der Waals surface area (Å²) in [6.45, 7) is 5.07. The highest BCUT2D eigenvalue weighted by atomic mass is 32.1. The van der Waals surface area contributed by atoms with E-state index in [1.165, 1.54) is 42.4 Å². The van der Waals surface area contributed by atoms with E-state index in [1.807, 2.05) is 18.2 Å². The third-order valence-corrected chi connectivity index (χ3v) is 6.87. The molecule has 0 radical (unpaired) electrons. The molecule has 0 saturated carbocycles. The van der Waals surface area contributed by atoms with Crippen molar-refractivity contribution in [1.29, 1.82) is 0 Å². The fourth-order valence-electron chi connectivity index (χ4n) is 3.97. The Hall–Kier alpha value is -2.99. The molecule has 0 atom stereocenters. The van der Waals surface area contributed by atoms with Gasteiger partial charge in [0.05, 0.1) is 16.3 Å². The van der Waals surface area contributed by atoms with Crippen molar-refractivity contribution in [1.82, 2.24) is 4.57 Å². The molecule has 31 heavy (non-hydrogen) atoms. The van der Waals surface area contributed by atoms with Gasteiger partial charge < -0.3 is 4.57 Å². The molecule has 2 aromatic carbocycles. The summed E-state index contributed by atoms with van der Waals surface area (Å²) in [5.41, 5.74) is 7.07. The highest BCUT2D eigenvalue weighted by Crippen LogP contribution is 2.27. The van der Waals surface area contributed by atoms with Gasteiger partial charge in [-0.25, -0.2) is 4.99 Å². The van der Waals surface area contributed by atoms with Crippen LogP contribution in [0.1, 0.15) is 43.2 Å². The first kappa shape index (κ1) is 21.2. The van der Waals surface area contributed by atoms with E-state index in [4.69, 9.17) is 4.99 Å². The average Bonchev–Trinajstić information content (AvgIpc) is 3.18. The molecule has 1 aromatic heterocycles. The molecular formula is C25H27N3O2S. The van der Waals surface area contributed by atoms with E-state index in [0.29, 0.717) is 0 Å². The maximum absolute atomic E-state index is 11.0. The molecule has 0 unspecified atom stereocenters. The van der Waals surface area contributed by atoms with Crippen LogP contribution in [0, 0.1) is 24.0 Å². The standard InChI is InChI=1S/C25H27N3O2S/c1-18-7-6-10-23(19(18)2)26-25-27(16-15-20-8-4-3-5-9-20)24(17-31-25)21-11-13-22(14-12-21)28(29)30/h6-8,10-14,17H,3-5,9,15-16H2,1-2H3. The molecule has 160 valence electrons. The molecule has 0 saturated heterocycles. The molecule has 3 aromatic rings. The molecule has 5 nitrogen and oxygen atoms in total. The lowest BCUT2D eigenvalue weighted by molar-refractivity contribution is -0.384. The van der Waals surface area contributed by atoms with Gasteiger partial charge in [-0.2, -0.15) is 0 Å². The average molecular weight is 434 g/mol. The molecular weight excluding hydrogens is 406 g/mol. The third kappa shape index (κ3) is 4.85. The molecule has 0 fully saturated rings. The van der Waals surface area contributed by atoms with Crippen molar-refractivity contribution >= 4 is 22.7 Å². The quantitative estimate of drug-likeness (QED) is 0.242. The number of thiazole rings is 1. The Kier molecular flexibility index (Phi) is 6.47. The fourth-order valence-corrected chi connectivity index (χ4v) is 4.91. The van der Waals surface area contributed by atoms with Crippen LogP contribution in [0.15, 0.2) is 64.5 Å². The molecule has 6 heteroatoms. The van der Waals surface area contributed by atoms with Gasteiger partial charge in [-0.15, -0.1) is 11.3 Å². The Balaban J connectivity index is 1.75. The second kappa shape index (κ2) is 9.43. The van der Waals surface area contributed by atoms with Gasteiger partial charge in [0.2, 0.25) is 0 Å². The minimum atomic E-state index is -0.359. The lowest BCUT2D eigenvalue weighted by atomic mass is 9.97. The van der Waals surface area contributed by atoms with Crippen LogP contribution >= 0.6 is 11.3 Å². The molecule has 1 aliphatic rings. The van der Waals surface area contributed by atoms with Gasteiger partial charge in [0.1, 0.15) is 0 Å². The lowest BCUT2D eigenvalue weighted by Crippen LogP contribution is -2.17. The second-order valence-electron chi connectivity index (χ2n) is 8.05. The Labute approximate surface area is 186 Å². The van der Waals surface area contributed by atoms with Gasteiger partial charge in [-0.05, 0) is 80.8 Å². The maximum Gasteiger partial charge on any atom is 0.269 e. The number of non-ortho nitro benzene ring substituents is 1. The third-order valence-electron chi connectivity index (χ3n) is 6.01. The van der Waals surface area contributed by atoms with Crippen LogP contribution in [0.2, 0.25) is 0 Å². The number of nitro groups is 1. The van der Waals surface area contributed by atoms with Crippen LogP contribution in [0.5, 0.6) is 0 Å². The van der Waals surface area contributed by atoms with Crippen molar-refractivity contribution < 1.29 is 4.92 Å². The fraction of sp³-hybridized carbons (Fsp3) is 0.320. The number of nitrogens with zero attached hydrogens (tertiary/aromatic N) is 3. The number of benzene rings is 2. The Morgan fingerprint density at radius 2 is 1.94 bits per heavy atom. The van der Waals surface area contributed by atoms with Crippen LogP contribution in [-0.2, 0) is 6.54 Å². The van der Waals surface area contributed by atoms with E-state index in [0.717, 1.165) is 34.7 Å². The van der Waals surface area contributed by atoms with Crippen LogP contribution in [0.25, 0.3) is 11.3 Å². The first-order chi connectivity index (χ1) is 15.0.